The quantitative estimate of drug-likeness (QED) is 0.806. The fourth-order valence-corrected chi connectivity index (χ4v) is 2.49. The van der Waals surface area contributed by atoms with Crippen LogP contribution in [0.15, 0.2) is 5.38 Å². The molecule has 1 aromatic heterocycles. The van der Waals surface area contributed by atoms with Gasteiger partial charge < -0.3 is 16.0 Å². The first-order chi connectivity index (χ1) is 8.34. The molecule has 1 rings (SSSR count). The van der Waals surface area contributed by atoms with Gasteiger partial charge in [-0.3, -0.25) is 4.79 Å². The van der Waals surface area contributed by atoms with Gasteiger partial charge in [0.2, 0.25) is 0 Å². The largest absolute Gasteiger partial charge is 0.350 e. The van der Waals surface area contributed by atoms with Crippen LogP contribution in [-0.4, -0.2) is 43.0 Å². The van der Waals surface area contributed by atoms with E-state index in [0.717, 1.165) is 11.6 Å². The molecule has 0 fully saturated rings. The number of nitrogens with one attached hydrogen (secondary N) is 1. The summed E-state index contributed by atoms with van der Waals surface area (Å²) >= 11 is 1.42. The van der Waals surface area contributed by atoms with Gasteiger partial charge in [-0.25, -0.2) is 4.98 Å². The molecular formula is C12H22N4OS. The van der Waals surface area contributed by atoms with Crippen LogP contribution in [-0.2, 0) is 6.54 Å². The molecule has 0 saturated heterocycles. The predicted octanol–water partition coefficient (Wildman–Crippen LogP) is 0.919. The lowest BCUT2D eigenvalue weighted by Gasteiger charge is -2.28. The van der Waals surface area contributed by atoms with E-state index < -0.39 is 0 Å². The topological polar surface area (TPSA) is 71.2 Å². The first kappa shape index (κ1) is 15.1. The molecule has 1 heterocycles. The number of nitrogens with two attached hydrogens (primary N) is 1. The highest BCUT2D eigenvalue weighted by Crippen LogP contribution is 2.15. The van der Waals surface area contributed by atoms with E-state index in [1.54, 1.807) is 5.38 Å². The third kappa shape index (κ3) is 4.72. The number of aromatic nitrogens is 1. The number of carbonyl (C=O) groups excluding carboxylic acids is 1. The van der Waals surface area contributed by atoms with Crippen LogP contribution in [0.25, 0.3) is 0 Å². The molecule has 0 aliphatic heterocycles. The first-order valence-corrected chi connectivity index (χ1v) is 6.79. The number of carbonyl (C=O) groups is 1. The van der Waals surface area contributed by atoms with Gasteiger partial charge in [0.25, 0.3) is 5.91 Å². The van der Waals surface area contributed by atoms with E-state index in [0.29, 0.717) is 18.8 Å². The van der Waals surface area contributed by atoms with Gasteiger partial charge in [0.1, 0.15) is 10.7 Å². The van der Waals surface area contributed by atoms with Crippen LogP contribution in [0.3, 0.4) is 0 Å². The Morgan fingerprint density at radius 3 is 2.72 bits per heavy atom. The van der Waals surface area contributed by atoms with Gasteiger partial charge in [0.15, 0.2) is 0 Å². The van der Waals surface area contributed by atoms with Crippen molar-refractivity contribution in [3.05, 3.63) is 16.1 Å². The Morgan fingerprint density at radius 1 is 1.56 bits per heavy atom. The number of hydrogen-bond donors (Lipinski definition) is 2. The molecule has 0 radical (unpaired) electrons. The van der Waals surface area contributed by atoms with Gasteiger partial charge in [-0.15, -0.1) is 11.3 Å². The molecule has 0 aromatic carbocycles. The molecule has 0 aliphatic rings. The van der Waals surface area contributed by atoms with E-state index in [2.05, 4.69) is 29.0 Å². The zero-order valence-corrected chi connectivity index (χ0v) is 12.3. The number of amides is 1. The Bertz CT molecular complexity index is 401. The van der Waals surface area contributed by atoms with E-state index in [1.807, 2.05) is 14.1 Å². The average Bonchev–Trinajstić information content (AvgIpc) is 2.72. The second-order valence-electron chi connectivity index (χ2n) is 5.42. The molecule has 1 aromatic rings. The van der Waals surface area contributed by atoms with Crippen molar-refractivity contribution in [2.75, 3.05) is 27.2 Å². The van der Waals surface area contributed by atoms with Crippen molar-refractivity contribution in [2.45, 2.75) is 20.4 Å². The summed E-state index contributed by atoms with van der Waals surface area (Å²) in [4.78, 5) is 18.2. The fraction of sp³-hybridized carbons (Fsp3) is 0.667. The zero-order chi connectivity index (χ0) is 13.8. The van der Waals surface area contributed by atoms with Crippen molar-refractivity contribution in [1.29, 1.82) is 0 Å². The molecule has 0 aliphatic carbocycles. The summed E-state index contributed by atoms with van der Waals surface area (Å²) in [5.74, 6) is -0.127. The van der Waals surface area contributed by atoms with Gasteiger partial charge >= 0.3 is 0 Å². The summed E-state index contributed by atoms with van der Waals surface area (Å²) in [5, 5.41) is 5.45. The summed E-state index contributed by atoms with van der Waals surface area (Å²) in [7, 11) is 4.05. The molecular weight excluding hydrogens is 248 g/mol. The van der Waals surface area contributed by atoms with Crippen LogP contribution >= 0.6 is 11.3 Å². The number of rotatable bonds is 6. The van der Waals surface area contributed by atoms with Crippen LogP contribution in [0.1, 0.15) is 29.3 Å². The summed E-state index contributed by atoms with van der Waals surface area (Å²) in [5.41, 5.74) is 5.96. The summed E-state index contributed by atoms with van der Waals surface area (Å²) in [6.45, 7) is 6.17. The minimum absolute atomic E-state index is 0.0336. The van der Waals surface area contributed by atoms with E-state index >= 15 is 0 Å². The monoisotopic (exact) mass is 270 g/mol. The van der Waals surface area contributed by atoms with E-state index in [4.69, 9.17) is 5.73 Å². The van der Waals surface area contributed by atoms with Crippen LogP contribution in [0.4, 0.5) is 0 Å². The summed E-state index contributed by atoms with van der Waals surface area (Å²) in [6.07, 6.45) is 0. The van der Waals surface area contributed by atoms with Gasteiger partial charge in [-0.1, -0.05) is 13.8 Å². The fourth-order valence-electron chi connectivity index (χ4n) is 1.83. The summed E-state index contributed by atoms with van der Waals surface area (Å²) in [6, 6.07) is 0. The maximum atomic E-state index is 11.9. The Morgan fingerprint density at radius 2 is 2.22 bits per heavy atom. The summed E-state index contributed by atoms with van der Waals surface area (Å²) < 4.78 is 0. The van der Waals surface area contributed by atoms with Crippen LogP contribution in [0, 0.1) is 5.41 Å². The first-order valence-electron chi connectivity index (χ1n) is 5.91. The van der Waals surface area contributed by atoms with Gasteiger partial charge in [-0.05, 0) is 19.5 Å². The third-order valence-electron chi connectivity index (χ3n) is 2.43. The molecule has 0 atom stereocenters. The number of hydrogen-bond acceptors (Lipinski definition) is 5. The Labute approximate surface area is 112 Å². The number of thiazole rings is 1. The Kier molecular flexibility index (Phi) is 5.25. The highest BCUT2D eigenvalue weighted by molar-refractivity contribution is 7.09. The Hall–Kier alpha value is -0.980. The highest BCUT2D eigenvalue weighted by Gasteiger charge is 2.20. The van der Waals surface area contributed by atoms with Gasteiger partial charge in [-0.2, -0.15) is 0 Å². The van der Waals surface area contributed by atoms with Crippen LogP contribution in [0.5, 0.6) is 0 Å². The van der Waals surface area contributed by atoms with Gasteiger partial charge in [0.05, 0.1) is 0 Å². The maximum Gasteiger partial charge on any atom is 0.270 e. The second kappa shape index (κ2) is 6.26. The lowest BCUT2D eigenvalue weighted by Crippen LogP contribution is -2.40. The van der Waals surface area contributed by atoms with Crippen LogP contribution < -0.4 is 11.1 Å². The Balaban J connectivity index is 2.50. The standard InChI is InChI=1S/C12H22N4OS/c1-12(2,8-16(3)4)7-14-11(17)9-6-18-10(5-13)15-9/h6H,5,7-8,13H2,1-4H3,(H,14,17). The smallest absolute Gasteiger partial charge is 0.270 e. The molecule has 102 valence electrons. The lowest BCUT2D eigenvalue weighted by atomic mass is 9.93. The molecule has 0 saturated carbocycles. The van der Waals surface area contributed by atoms with Crippen molar-refractivity contribution in [3.63, 3.8) is 0 Å². The van der Waals surface area contributed by atoms with Crippen molar-refractivity contribution < 1.29 is 4.79 Å². The number of nitrogens with zero attached hydrogens (tertiary/aromatic N) is 2. The second-order valence-corrected chi connectivity index (χ2v) is 6.36. The zero-order valence-electron chi connectivity index (χ0n) is 11.5. The molecule has 1 amide bonds. The highest BCUT2D eigenvalue weighted by atomic mass is 32.1. The van der Waals surface area contributed by atoms with E-state index in [1.165, 1.54) is 11.3 Å². The SMILES string of the molecule is CN(C)CC(C)(C)CNC(=O)c1csc(CN)n1. The average molecular weight is 270 g/mol. The lowest BCUT2D eigenvalue weighted by molar-refractivity contribution is 0.0924. The van der Waals surface area contributed by atoms with E-state index in [-0.39, 0.29) is 11.3 Å². The van der Waals surface area contributed by atoms with Crippen molar-refractivity contribution >= 4 is 17.2 Å². The molecule has 5 nitrogen and oxygen atoms in total. The maximum absolute atomic E-state index is 11.9. The van der Waals surface area contributed by atoms with Crippen LogP contribution in [0.2, 0.25) is 0 Å². The molecule has 0 spiro atoms. The van der Waals surface area contributed by atoms with Gasteiger partial charge in [0, 0.05) is 25.0 Å². The predicted molar refractivity (Wildman–Crippen MR) is 74.7 cm³/mol. The van der Waals surface area contributed by atoms with Crippen molar-refractivity contribution in [3.8, 4) is 0 Å². The van der Waals surface area contributed by atoms with Crippen molar-refractivity contribution in [2.24, 2.45) is 11.1 Å². The minimum atomic E-state index is -0.127. The normalized spacial score (nSPS) is 11.9. The molecule has 3 N–H and O–H groups in total. The molecule has 0 unspecified atom stereocenters. The molecule has 18 heavy (non-hydrogen) atoms. The third-order valence-corrected chi connectivity index (χ3v) is 3.30. The molecule has 6 heteroatoms. The van der Waals surface area contributed by atoms with Crippen molar-refractivity contribution in [1.82, 2.24) is 15.2 Å². The van der Waals surface area contributed by atoms with E-state index in [9.17, 15) is 4.79 Å². The minimum Gasteiger partial charge on any atom is -0.350 e. The molecule has 0 bridgehead atoms.